The van der Waals surface area contributed by atoms with Gasteiger partial charge in [0.15, 0.2) is 0 Å². The lowest BCUT2D eigenvalue weighted by atomic mass is 9.95. The maximum Gasteiger partial charge on any atom is 0.0434 e. The van der Waals surface area contributed by atoms with Gasteiger partial charge in [0.2, 0.25) is 0 Å². The summed E-state index contributed by atoms with van der Waals surface area (Å²) >= 11 is 0. The quantitative estimate of drug-likeness (QED) is 0.663. The topological polar surface area (TPSA) is 32.3 Å². The summed E-state index contributed by atoms with van der Waals surface area (Å²) in [6, 6.07) is 0. The molecule has 0 bridgehead atoms. The molecule has 2 N–H and O–H groups in total. The van der Waals surface area contributed by atoms with Gasteiger partial charge in [-0.3, -0.25) is 0 Å². The molecule has 86 valence electrons. The van der Waals surface area contributed by atoms with E-state index in [0.29, 0.717) is 17.9 Å². The fourth-order valence-corrected chi connectivity index (χ4v) is 1.59. The van der Waals surface area contributed by atoms with Crippen molar-refractivity contribution in [1.29, 1.82) is 0 Å². The molecule has 0 spiro atoms. The van der Waals surface area contributed by atoms with Gasteiger partial charge in [0.1, 0.15) is 0 Å². The van der Waals surface area contributed by atoms with Crippen molar-refractivity contribution >= 4 is 0 Å². The highest BCUT2D eigenvalue weighted by molar-refractivity contribution is 4.68. The summed E-state index contributed by atoms with van der Waals surface area (Å²) in [7, 11) is 0. The highest BCUT2D eigenvalue weighted by Gasteiger charge is 2.11. The minimum atomic E-state index is 0.321. The molecule has 1 atom stereocenters. The first-order chi connectivity index (χ1) is 6.49. The maximum absolute atomic E-state index is 8.89. The van der Waals surface area contributed by atoms with E-state index in [0.717, 1.165) is 19.5 Å². The third kappa shape index (κ3) is 8.52. The van der Waals surface area contributed by atoms with Crippen molar-refractivity contribution < 1.29 is 5.11 Å². The molecule has 1 unspecified atom stereocenters. The summed E-state index contributed by atoms with van der Waals surface area (Å²) < 4.78 is 0. The van der Waals surface area contributed by atoms with Gasteiger partial charge in [-0.2, -0.15) is 0 Å². The minimum Gasteiger partial charge on any atom is -0.396 e. The van der Waals surface area contributed by atoms with Gasteiger partial charge in [0, 0.05) is 6.61 Å². The van der Waals surface area contributed by atoms with Crippen molar-refractivity contribution in [3.63, 3.8) is 0 Å². The van der Waals surface area contributed by atoms with E-state index < -0.39 is 0 Å². The Morgan fingerprint density at radius 1 is 1.21 bits per heavy atom. The van der Waals surface area contributed by atoms with Crippen molar-refractivity contribution in [2.45, 2.75) is 47.0 Å². The molecule has 0 aliphatic heterocycles. The molecule has 0 saturated heterocycles. The van der Waals surface area contributed by atoms with Gasteiger partial charge in [0.05, 0.1) is 0 Å². The summed E-state index contributed by atoms with van der Waals surface area (Å²) in [5.74, 6) is 0.646. The highest BCUT2D eigenvalue weighted by atomic mass is 16.3. The van der Waals surface area contributed by atoms with E-state index in [1.807, 2.05) is 0 Å². The van der Waals surface area contributed by atoms with Crippen LogP contribution < -0.4 is 5.32 Å². The van der Waals surface area contributed by atoms with Crippen molar-refractivity contribution in [3.8, 4) is 0 Å². The predicted molar refractivity (Wildman–Crippen MR) is 62.4 cm³/mol. The number of nitrogens with one attached hydrogen (secondary N) is 1. The van der Waals surface area contributed by atoms with Crippen LogP contribution in [0.15, 0.2) is 0 Å². The van der Waals surface area contributed by atoms with Crippen LogP contribution in [0.2, 0.25) is 0 Å². The monoisotopic (exact) mass is 201 g/mol. The third-order valence-electron chi connectivity index (χ3n) is 2.32. The Bertz CT molecular complexity index is 123. The van der Waals surface area contributed by atoms with Gasteiger partial charge in [-0.05, 0) is 37.3 Å². The number of hydrogen-bond acceptors (Lipinski definition) is 2. The van der Waals surface area contributed by atoms with E-state index in [1.54, 1.807) is 0 Å². The molecule has 0 aromatic rings. The van der Waals surface area contributed by atoms with Crippen LogP contribution in [0.4, 0.5) is 0 Å². The first kappa shape index (κ1) is 13.9. The summed E-state index contributed by atoms with van der Waals surface area (Å²) in [6.07, 6.45) is 3.37. The molecule has 0 amide bonds. The van der Waals surface area contributed by atoms with Gasteiger partial charge in [-0.1, -0.05) is 34.1 Å². The lowest BCUT2D eigenvalue weighted by Crippen LogP contribution is -2.31. The van der Waals surface area contributed by atoms with Gasteiger partial charge in [-0.15, -0.1) is 0 Å². The van der Waals surface area contributed by atoms with E-state index in [4.69, 9.17) is 5.11 Å². The molecule has 0 aliphatic carbocycles. The Balaban J connectivity index is 3.60. The fourth-order valence-electron chi connectivity index (χ4n) is 1.59. The number of rotatable bonds is 7. The average molecular weight is 201 g/mol. The zero-order chi connectivity index (χ0) is 11.0. The Labute approximate surface area is 89.1 Å². The van der Waals surface area contributed by atoms with Crippen LogP contribution in [0, 0.1) is 11.3 Å². The van der Waals surface area contributed by atoms with Gasteiger partial charge >= 0.3 is 0 Å². The molecule has 0 aromatic heterocycles. The van der Waals surface area contributed by atoms with Crippen LogP contribution in [0.5, 0.6) is 0 Å². The molecule has 0 fully saturated rings. The van der Waals surface area contributed by atoms with E-state index >= 15 is 0 Å². The van der Waals surface area contributed by atoms with Crippen molar-refractivity contribution in [2.75, 3.05) is 19.7 Å². The van der Waals surface area contributed by atoms with Crippen LogP contribution in [-0.4, -0.2) is 24.8 Å². The predicted octanol–water partition coefficient (Wildman–Crippen LogP) is 2.42. The second-order valence-electron chi connectivity index (χ2n) is 5.36. The van der Waals surface area contributed by atoms with Crippen molar-refractivity contribution in [2.24, 2.45) is 11.3 Å². The summed E-state index contributed by atoms with van der Waals surface area (Å²) in [5, 5.41) is 12.4. The van der Waals surface area contributed by atoms with Crippen molar-refractivity contribution in [1.82, 2.24) is 5.32 Å². The van der Waals surface area contributed by atoms with Crippen LogP contribution in [0.3, 0.4) is 0 Å². The second kappa shape index (κ2) is 7.24. The standard InChI is InChI=1S/C12H27NO/c1-5-6-11(7-8-14)9-13-10-12(2,3)4/h11,13-14H,5-10H2,1-4H3. The first-order valence-electron chi connectivity index (χ1n) is 5.81. The molecule has 2 nitrogen and oxygen atoms in total. The van der Waals surface area contributed by atoms with Gasteiger partial charge in [0.25, 0.3) is 0 Å². The molecular weight excluding hydrogens is 174 g/mol. The molecule has 0 saturated carbocycles. The van der Waals surface area contributed by atoms with E-state index in [9.17, 15) is 0 Å². The lowest BCUT2D eigenvalue weighted by Gasteiger charge is -2.22. The van der Waals surface area contributed by atoms with Gasteiger partial charge < -0.3 is 10.4 Å². The Morgan fingerprint density at radius 2 is 1.86 bits per heavy atom. The molecular formula is C12H27NO. The normalized spacial score (nSPS) is 14.4. The molecule has 0 aliphatic rings. The van der Waals surface area contributed by atoms with Gasteiger partial charge in [-0.25, -0.2) is 0 Å². The lowest BCUT2D eigenvalue weighted by molar-refractivity contribution is 0.244. The summed E-state index contributed by atoms with van der Waals surface area (Å²) in [5.41, 5.74) is 0.357. The molecule has 0 heterocycles. The Morgan fingerprint density at radius 3 is 2.29 bits per heavy atom. The molecule has 14 heavy (non-hydrogen) atoms. The van der Waals surface area contributed by atoms with Crippen LogP contribution in [0.1, 0.15) is 47.0 Å². The summed E-state index contributed by atoms with van der Waals surface area (Å²) in [6.45, 7) is 11.3. The van der Waals surface area contributed by atoms with E-state index in [1.165, 1.54) is 12.8 Å². The smallest absolute Gasteiger partial charge is 0.0434 e. The summed E-state index contributed by atoms with van der Waals surface area (Å²) in [4.78, 5) is 0. The molecule has 0 rings (SSSR count). The number of aliphatic hydroxyl groups is 1. The number of hydrogen-bond donors (Lipinski definition) is 2. The zero-order valence-electron chi connectivity index (χ0n) is 10.3. The SMILES string of the molecule is CCCC(CCO)CNCC(C)(C)C. The molecule has 2 heteroatoms. The Hall–Kier alpha value is -0.0800. The Kier molecular flexibility index (Phi) is 7.20. The second-order valence-corrected chi connectivity index (χ2v) is 5.36. The average Bonchev–Trinajstić information content (AvgIpc) is 2.02. The van der Waals surface area contributed by atoms with Crippen LogP contribution in [0.25, 0.3) is 0 Å². The van der Waals surface area contributed by atoms with E-state index in [-0.39, 0.29) is 0 Å². The number of aliphatic hydroxyl groups excluding tert-OH is 1. The highest BCUT2D eigenvalue weighted by Crippen LogP contribution is 2.13. The molecule has 0 aromatic carbocycles. The maximum atomic E-state index is 8.89. The third-order valence-corrected chi connectivity index (χ3v) is 2.32. The largest absolute Gasteiger partial charge is 0.396 e. The molecule has 0 radical (unpaired) electrons. The first-order valence-corrected chi connectivity index (χ1v) is 5.81. The van der Waals surface area contributed by atoms with Crippen molar-refractivity contribution in [3.05, 3.63) is 0 Å². The zero-order valence-corrected chi connectivity index (χ0v) is 10.3. The van der Waals surface area contributed by atoms with Crippen LogP contribution in [-0.2, 0) is 0 Å². The van der Waals surface area contributed by atoms with E-state index in [2.05, 4.69) is 33.0 Å². The minimum absolute atomic E-state index is 0.321. The fraction of sp³-hybridized carbons (Fsp3) is 1.00. The van der Waals surface area contributed by atoms with Crippen LogP contribution >= 0.6 is 0 Å².